The van der Waals surface area contributed by atoms with Crippen LogP contribution in [0.25, 0.3) is 0 Å². The van der Waals surface area contributed by atoms with Crippen molar-refractivity contribution in [3.05, 3.63) is 10.7 Å². The number of halogens is 1. The zero-order chi connectivity index (χ0) is 5.86. The topological polar surface area (TPSA) is 0 Å². The molecule has 0 N–H and O–H groups in total. The molecule has 0 amide bonds. The fourth-order valence-electron chi connectivity index (χ4n) is 0.126. The van der Waals surface area contributed by atoms with E-state index < -0.39 is 0 Å². The van der Waals surface area contributed by atoms with Crippen LogP contribution in [0.2, 0.25) is 0 Å². The molecule has 0 unspecified atom stereocenters. The van der Waals surface area contributed by atoms with Gasteiger partial charge in [-0.15, -0.1) is 0 Å². The summed E-state index contributed by atoms with van der Waals surface area (Å²) in [6, 6.07) is 0. The predicted molar refractivity (Wildman–Crippen MR) is 38.7 cm³/mol. The molecule has 2 heteroatoms. The maximum absolute atomic E-state index is 5.42. The molecule has 0 bridgehead atoms. The molecule has 0 atom stereocenters. The molecule has 0 aromatic heterocycles. The maximum atomic E-state index is 5.42. The Kier molecular flexibility index (Phi) is 3.39. The van der Waals surface area contributed by atoms with Crippen LogP contribution in [0.5, 0.6) is 0 Å². The van der Waals surface area contributed by atoms with Gasteiger partial charge in [0, 0.05) is 10.2 Å². The molecular formula is C5H11ClSi. The van der Waals surface area contributed by atoms with Gasteiger partial charge >= 0.3 is 0 Å². The van der Waals surface area contributed by atoms with Crippen LogP contribution < -0.4 is 0 Å². The van der Waals surface area contributed by atoms with Crippen molar-refractivity contribution in [2.45, 2.75) is 13.8 Å². The average molecular weight is 135 g/mol. The van der Waals surface area contributed by atoms with Gasteiger partial charge in [-0.1, -0.05) is 30.6 Å². The lowest BCUT2D eigenvalue weighted by Gasteiger charge is -1.99. The van der Waals surface area contributed by atoms with Crippen LogP contribution in [0.3, 0.4) is 0 Å². The summed E-state index contributed by atoms with van der Waals surface area (Å²) in [4.78, 5) is 0. The van der Waals surface area contributed by atoms with Gasteiger partial charge in [0.2, 0.25) is 0 Å². The van der Waals surface area contributed by atoms with Crippen LogP contribution in [0.15, 0.2) is 10.7 Å². The van der Waals surface area contributed by atoms with Gasteiger partial charge < -0.3 is 0 Å². The second-order valence-corrected chi connectivity index (χ2v) is 3.38. The molecule has 0 spiro atoms. The highest BCUT2D eigenvalue weighted by molar-refractivity contribution is 6.32. The molecule has 0 fully saturated rings. The van der Waals surface area contributed by atoms with E-state index in [2.05, 4.69) is 13.8 Å². The first kappa shape index (κ1) is 7.25. The molecule has 0 heterocycles. The normalized spacial score (nSPS) is 13.4. The molecule has 0 aliphatic rings. The molecule has 0 aliphatic heterocycles. The Morgan fingerprint density at radius 3 is 2.14 bits per heavy atom. The predicted octanol–water partition coefficient (Wildman–Crippen LogP) is 1.09. The molecule has 7 heavy (non-hydrogen) atoms. The fourth-order valence-corrected chi connectivity index (χ4v) is 0.378. The van der Waals surface area contributed by atoms with Gasteiger partial charge in [-0.25, -0.2) is 0 Å². The van der Waals surface area contributed by atoms with Gasteiger partial charge in [-0.05, 0) is 11.5 Å². The van der Waals surface area contributed by atoms with Crippen LogP contribution in [0.4, 0.5) is 0 Å². The Labute approximate surface area is 53.0 Å². The highest BCUT2D eigenvalue weighted by atomic mass is 35.5. The van der Waals surface area contributed by atoms with Crippen LogP contribution in [0.1, 0.15) is 13.8 Å². The minimum Gasteiger partial charge on any atom is -0.0935 e. The summed E-state index contributed by atoms with van der Waals surface area (Å²) in [7, 11) is 1.10. The van der Waals surface area contributed by atoms with E-state index in [-0.39, 0.29) is 0 Å². The van der Waals surface area contributed by atoms with E-state index in [4.69, 9.17) is 11.6 Å². The monoisotopic (exact) mass is 134 g/mol. The third-order valence-corrected chi connectivity index (χ3v) is 3.24. The third kappa shape index (κ3) is 2.89. The second kappa shape index (κ2) is 3.27. The largest absolute Gasteiger partial charge is 0.0935 e. The van der Waals surface area contributed by atoms with Crippen LogP contribution in [-0.2, 0) is 0 Å². The summed E-state index contributed by atoms with van der Waals surface area (Å²) in [6.45, 7) is 4.31. The smallest absolute Gasteiger partial charge is 0.0347 e. The van der Waals surface area contributed by atoms with Crippen molar-refractivity contribution in [3.63, 3.8) is 0 Å². The zero-order valence-corrected chi connectivity index (χ0v) is 7.79. The first-order chi connectivity index (χ1) is 3.18. The maximum Gasteiger partial charge on any atom is 0.0347 e. The van der Waals surface area contributed by atoms with Gasteiger partial charge in [-0.2, -0.15) is 0 Å². The molecule has 0 rings (SSSR count). The first-order valence-electron chi connectivity index (χ1n) is 2.45. The van der Waals surface area contributed by atoms with E-state index in [9.17, 15) is 0 Å². The van der Waals surface area contributed by atoms with Gasteiger partial charge in [0.15, 0.2) is 0 Å². The lowest BCUT2D eigenvalue weighted by Crippen LogP contribution is -1.90. The van der Waals surface area contributed by atoms with Crippen molar-refractivity contribution in [2.75, 3.05) is 0 Å². The Balaban J connectivity index is 3.56. The van der Waals surface area contributed by atoms with Gasteiger partial charge in [0.1, 0.15) is 0 Å². The molecule has 0 aromatic rings. The van der Waals surface area contributed by atoms with Gasteiger partial charge in [-0.3, -0.25) is 0 Å². The van der Waals surface area contributed by atoms with E-state index in [0.717, 1.165) is 10.2 Å². The lowest BCUT2D eigenvalue weighted by molar-refractivity contribution is 0.815. The third-order valence-electron chi connectivity index (χ3n) is 1.08. The fraction of sp³-hybridized carbons (Fsp3) is 0.600. The summed E-state index contributed by atoms with van der Waals surface area (Å²) in [6.07, 6.45) is 0. The van der Waals surface area contributed by atoms with Crippen molar-refractivity contribution in [3.8, 4) is 0 Å². The van der Waals surface area contributed by atoms with Gasteiger partial charge in [0.25, 0.3) is 0 Å². The van der Waals surface area contributed by atoms with Crippen LogP contribution >= 0.6 is 11.6 Å². The number of allylic oxidation sites excluding steroid dienone is 1. The first-order valence-corrected chi connectivity index (χ1v) is 3.89. The summed E-state index contributed by atoms with van der Waals surface area (Å²) in [5.41, 5.74) is 1.69. The summed E-state index contributed by atoms with van der Waals surface area (Å²) >= 11 is 5.42. The van der Waals surface area contributed by atoms with E-state index in [1.165, 1.54) is 5.20 Å². The van der Waals surface area contributed by atoms with Crippen molar-refractivity contribution in [2.24, 2.45) is 5.92 Å². The molecule has 0 saturated carbocycles. The zero-order valence-electron chi connectivity index (χ0n) is 5.03. The highest BCUT2D eigenvalue weighted by Gasteiger charge is 1.91. The molecule has 0 saturated heterocycles. The second-order valence-electron chi connectivity index (χ2n) is 2.01. The van der Waals surface area contributed by atoms with E-state index in [0.29, 0.717) is 5.92 Å². The Morgan fingerprint density at radius 1 is 1.71 bits per heavy atom. The van der Waals surface area contributed by atoms with Gasteiger partial charge in [0.05, 0.1) is 0 Å². The van der Waals surface area contributed by atoms with E-state index in [1.807, 2.05) is 0 Å². The average Bonchev–Trinajstić information content (AvgIpc) is 1.65. The molecule has 42 valence electrons. The molecule has 0 radical (unpaired) electrons. The Bertz CT molecular complexity index is 76.1. The number of hydrogen-bond donors (Lipinski definition) is 0. The highest BCUT2D eigenvalue weighted by Crippen LogP contribution is 2.04. The minimum absolute atomic E-state index is 0.657. The van der Waals surface area contributed by atoms with Crippen molar-refractivity contribution in [1.29, 1.82) is 0 Å². The number of rotatable bonds is 1. The molecule has 0 aliphatic carbocycles. The Morgan fingerprint density at radius 2 is 2.14 bits per heavy atom. The summed E-state index contributed by atoms with van der Waals surface area (Å²) in [5, 5.41) is 1.38. The lowest BCUT2D eigenvalue weighted by atomic mass is 10.2. The molecule has 0 aromatic carbocycles. The minimum atomic E-state index is 0.657. The SMILES string of the molecule is CC(C)C([SiH3])=CCl. The van der Waals surface area contributed by atoms with Crippen LogP contribution in [-0.4, -0.2) is 10.2 Å². The number of hydrogen-bond acceptors (Lipinski definition) is 0. The standard InChI is InChI=1S/C5H11ClSi/c1-4(2)5(7)3-6/h3-4H,1-2,7H3. The Hall–Kier alpha value is 0.247. The van der Waals surface area contributed by atoms with Crippen molar-refractivity contribution < 1.29 is 0 Å². The van der Waals surface area contributed by atoms with Crippen molar-refractivity contribution >= 4 is 21.8 Å². The molecule has 0 nitrogen and oxygen atoms in total. The van der Waals surface area contributed by atoms with E-state index in [1.54, 1.807) is 5.54 Å². The quantitative estimate of drug-likeness (QED) is 0.471. The van der Waals surface area contributed by atoms with E-state index >= 15 is 0 Å². The van der Waals surface area contributed by atoms with Crippen molar-refractivity contribution in [1.82, 2.24) is 0 Å². The molecular weight excluding hydrogens is 124 g/mol. The summed E-state index contributed by atoms with van der Waals surface area (Å²) in [5.74, 6) is 0.657. The summed E-state index contributed by atoms with van der Waals surface area (Å²) < 4.78 is 0. The van der Waals surface area contributed by atoms with Crippen LogP contribution in [0, 0.1) is 5.92 Å².